The average Bonchev–Trinajstić information content (AvgIpc) is 2.43. The van der Waals surface area contributed by atoms with Gasteiger partial charge in [0.25, 0.3) is 0 Å². The summed E-state index contributed by atoms with van der Waals surface area (Å²) < 4.78 is 6.47. The minimum atomic E-state index is -0.151. The maximum absolute atomic E-state index is 6.65. The van der Waals surface area contributed by atoms with Gasteiger partial charge in [-0.1, -0.05) is 24.3 Å². The number of alkyl halides is 1. The van der Waals surface area contributed by atoms with Gasteiger partial charge >= 0.3 is 0 Å². The highest BCUT2D eigenvalue weighted by atomic mass is 79.9. The second kappa shape index (κ2) is 6.64. The van der Waals surface area contributed by atoms with Gasteiger partial charge in [0.05, 0.1) is 16.5 Å². The summed E-state index contributed by atoms with van der Waals surface area (Å²) in [4.78, 5) is 0. The van der Waals surface area contributed by atoms with E-state index in [2.05, 4.69) is 48.0 Å². The number of ether oxygens (including phenoxy) is 1. The van der Waals surface area contributed by atoms with E-state index in [1.54, 1.807) is 0 Å². The monoisotopic (exact) mass is 352 g/mol. The van der Waals surface area contributed by atoms with Crippen molar-refractivity contribution in [1.82, 2.24) is 0 Å². The predicted molar refractivity (Wildman–Crippen MR) is 88.9 cm³/mol. The number of hydrogen-bond acceptors (Lipinski definition) is 1. The van der Waals surface area contributed by atoms with E-state index in [9.17, 15) is 0 Å². The number of halogens is 2. The largest absolute Gasteiger partial charge is 0.493 e. The second-order valence-electron chi connectivity index (χ2n) is 4.77. The Hall–Kier alpha value is -0.990. The maximum atomic E-state index is 6.65. The third-order valence-electron chi connectivity index (χ3n) is 3.47. The van der Waals surface area contributed by atoms with E-state index < -0.39 is 0 Å². The van der Waals surface area contributed by atoms with Crippen molar-refractivity contribution in [3.05, 3.63) is 63.1 Å². The molecule has 20 heavy (non-hydrogen) atoms. The van der Waals surface area contributed by atoms with Gasteiger partial charge < -0.3 is 4.74 Å². The fraction of sp³-hybridized carbons (Fsp3) is 0.294. The molecule has 3 heteroatoms. The molecule has 1 nitrogen and oxygen atoms in total. The standard InChI is InChI=1S/C17H18BrClO/c1-4-20-16-9-8-13(10-15(16)18)17(19)14-7-5-6-11(2)12(14)3/h5-10,17H,4H2,1-3H3. The quantitative estimate of drug-likeness (QED) is 0.632. The predicted octanol–water partition coefficient (Wildman–Crippen LogP) is 5.79. The lowest BCUT2D eigenvalue weighted by molar-refractivity contribution is 0.338. The Kier molecular flexibility index (Phi) is 5.11. The summed E-state index contributed by atoms with van der Waals surface area (Å²) in [5.41, 5.74) is 4.73. The molecule has 0 heterocycles. The van der Waals surface area contributed by atoms with Gasteiger partial charge in [0.15, 0.2) is 0 Å². The minimum absolute atomic E-state index is 0.151. The fourth-order valence-corrected chi connectivity index (χ4v) is 3.06. The molecule has 2 rings (SSSR count). The van der Waals surface area contributed by atoms with E-state index >= 15 is 0 Å². The van der Waals surface area contributed by atoms with Crippen molar-refractivity contribution in [2.75, 3.05) is 6.61 Å². The third kappa shape index (κ3) is 3.18. The Bertz CT molecular complexity index is 610. The van der Waals surface area contributed by atoms with Gasteiger partial charge in [0.2, 0.25) is 0 Å². The molecule has 0 saturated carbocycles. The molecular formula is C17H18BrClO. The first-order valence-corrected chi connectivity index (χ1v) is 7.90. The summed E-state index contributed by atoms with van der Waals surface area (Å²) >= 11 is 10.2. The van der Waals surface area contributed by atoms with Crippen LogP contribution in [-0.4, -0.2) is 6.61 Å². The van der Waals surface area contributed by atoms with Crippen LogP contribution in [0.3, 0.4) is 0 Å². The van der Waals surface area contributed by atoms with E-state index in [1.807, 2.05) is 25.1 Å². The molecule has 0 aliphatic rings. The third-order valence-corrected chi connectivity index (χ3v) is 4.57. The molecule has 106 valence electrons. The van der Waals surface area contributed by atoms with Crippen LogP contribution in [0.1, 0.15) is 34.6 Å². The highest BCUT2D eigenvalue weighted by Crippen LogP contribution is 2.35. The van der Waals surface area contributed by atoms with Crippen molar-refractivity contribution in [2.45, 2.75) is 26.1 Å². The van der Waals surface area contributed by atoms with Crippen LogP contribution >= 0.6 is 27.5 Å². The molecule has 0 radical (unpaired) electrons. The van der Waals surface area contributed by atoms with Gasteiger partial charge in [0, 0.05) is 0 Å². The van der Waals surface area contributed by atoms with Crippen molar-refractivity contribution in [1.29, 1.82) is 0 Å². The van der Waals surface area contributed by atoms with E-state index in [1.165, 1.54) is 11.1 Å². The molecule has 0 aliphatic carbocycles. The lowest BCUT2D eigenvalue weighted by Gasteiger charge is -2.16. The Labute approximate surface area is 134 Å². The SMILES string of the molecule is CCOc1ccc(C(Cl)c2cccc(C)c2C)cc1Br. The van der Waals surface area contributed by atoms with Crippen LogP contribution < -0.4 is 4.74 Å². The van der Waals surface area contributed by atoms with E-state index in [0.29, 0.717) is 6.61 Å². The highest BCUT2D eigenvalue weighted by Gasteiger charge is 2.15. The van der Waals surface area contributed by atoms with Crippen LogP contribution in [0.15, 0.2) is 40.9 Å². The lowest BCUT2D eigenvalue weighted by atomic mass is 9.97. The van der Waals surface area contributed by atoms with Gasteiger partial charge in [-0.15, -0.1) is 11.6 Å². The topological polar surface area (TPSA) is 9.23 Å². The molecular weight excluding hydrogens is 336 g/mol. The molecule has 0 aromatic heterocycles. The number of benzene rings is 2. The van der Waals surface area contributed by atoms with Crippen molar-refractivity contribution in [2.24, 2.45) is 0 Å². The van der Waals surface area contributed by atoms with E-state index in [0.717, 1.165) is 21.3 Å². The normalized spacial score (nSPS) is 12.2. The van der Waals surface area contributed by atoms with Crippen LogP contribution in [0, 0.1) is 13.8 Å². The van der Waals surface area contributed by atoms with Crippen molar-refractivity contribution in [3.63, 3.8) is 0 Å². The van der Waals surface area contributed by atoms with Crippen LogP contribution in [-0.2, 0) is 0 Å². The molecule has 2 aromatic rings. The van der Waals surface area contributed by atoms with Crippen molar-refractivity contribution >= 4 is 27.5 Å². The van der Waals surface area contributed by atoms with Crippen LogP contribution in [0.5, 0.6) is 5.75 Å². The number of aryl methyl sites for hydroxylation is 1. The zero-order chi connectivity index (χ0) is 14.7. The molecule has 0 saturated heterocycles. The van der Waals surface area contributed by atoms with Gasteiger partial charge in [-0.05, 0) is 71.1 Å². The zero-order valence-electron chi connectivity index (χ0n) is 11.9. The summed E-state index contributed by atoms with van der Waals surface area (Å²) in [5, 5.41) is -0.151. The summed E-state index contributed by atoms with van der Waals surface area (Å²) in [6.07, 6.45) is 0. The zero-order valence-corrected chi connectivity index (χ0v) is 14.3. The van der Waals surface area contributed by atoms with E-state index in [-0.39, 0.29) is 5.38 Å². The minimum Gasteiger partial charge on any atom is -0.493 e. The summed E-state index contributed by atoms with van der Waals surface area (Å²) in [6.45, 7) is 6.85. The molecule has 0 bridgehead atoms. The Morgan fingerprint density at radius 2 is 1.95 bits per heavy atom. The van der Waals surface area contributed by atoms with Crippen molar-refractivity contribution < 1.29 is 4.74 Å². The molecule has 1 unspecified atom stereocenters. The Morgan fingerprint density at radius 1 is 1.20 bits per heavy atom. The maximum Gasteiger partial charge on any atom is 0.133 e. The first-order chi connectivity index (χ1) is 9.54. The molecule has 0 N–H and O–H groups in total. The first-order valence-electron chi connectivity index (χ1n) is 6.67. The van der Waals surface area contributed by atoms with Gasteiger partial charge in [0.1, 0.15) is 5.75 Å². The number of rotatable bonds is 4. The lowest BCUT2D eigenvalue weighted by Crippen LogP contribution is -1.99. The highest BCUT2D eigenvalue weighted by molar-refractivity contribution is 9.10. The summed E-state index contributed by atoms with van der Waals surface area (Å²) in [5.74, 6) is 0.848. The summed E-state index contributed by atoms with van der Waals surface area (Å²) in [6, 6.07) is 12.3. The molecule has 0 fully saturated rings. The summed E-state index contributed by atoms with van der Waals surface area (Å²) in [7, 11) is 0. The van der Waals surface area contributed by atoms with Gasteiger partial charge in [-0.3, -0.25) is 0 Å². The average molecular weight is 354 g/mol. The number of hydrogen-bond donors (Lipinski definition) is 0. The van der Waals surface area contributed by atoms with Crippen LogP contribution in [0.2, 0.25) is 0 Å². The Balaban J connectivity index is 2.36. The van der Waals surface area contributed by atoms with E-state index in [4.69, 9.17) is 16.3 Å². The van der Waals surface area contributed by atoms with Crippen LogP contribution in [0.4, 0.5) is 0 Å². The second-order valence-corrected chi connectivity index (χ2v) is 6.07. The molecule has 0 aliphatic heterocycles. The molecule has 2 aromatic carbocycles. The fourth-order valence-electron chi connectivity index (χ4n) is 2.18. The molecule has 1 atom stereocenters. The van der Waals surface area contributed by atoms with Gasteiger partial charge in [-0.2, -0.15) is 0 Å². The first kappa shape index (κ1) is 15.4. The van der Waals surface area contributed by atoms with Crippen molar-refractivity contribution in [3.8, 4) is 5.75 Å². The molecule has 0 spiro atoms. The molecule has 0 amide bonds. The Morgan fingerprint density at radius 3 is 2.60 bits per heavy atom. The van der Waals surface area contributed by atoms with Crippen LogP contribution in [0.25, 0.3) is 0 Å². The smallest absolute Gasteiger partial charge is 0.133 e. The van der Waals surface area contributed by atoms with Gasteiger partial charge in [-0.25, -0.2) is 0 Å².